The van der Waals surface area contributed by atoms with Gasteiger partial charge in [0.15, 0.2) is 0 Å². The molecule has 0 unspecified atom stereocenters. The van der Waals surface area contributed by atoms with Crippen LogP contribution in [0.2, 0.25) is 0 Å². The van der Waals surface area contributed by atoms with Gasteiger partial charge in [-0.15, -0.1) is 0 Å². The third kappa shape index (κ3) is 6.31. The van der Waals surface area contributed by atoms with E-state index in [0.29, 0.717) is 22.9 Å². The van der Waals surface area contributed by atoms with Gasteiger partial charge in [0.05, 0.1) is 41.9 Å². The number of likely N-dealkylation sites (tertiary alicyclic amines) is 1. The largest absolute Gasteiger partial charge is 0.473 e. The van der Waals surface area contributed by atoms with Gasteiger partial charge in [-0.3, -0.25) is 4.90 Å². The van der Waals surface area contributed by atoms with Crippen LogP contribution in [0.5, 0.6) is 5.88 Å². The maximum absolute atomic E-state index is 14.3. The number of benzene rings is 2. The summed E-state index contributed by atoms with van der Waals surface area (Å²) < 4.78 is 28.2. The standard InChI is InChI=1S/C34H34FN5O2/c1-2-3-5-24-9-11-31-32(19-24)40(21-28-14-17-41-28)33(37-31)22-39-15-12-26(13-16-39)30-6-4-7-34(38-30)42-23-27-10-8-25(20-36)18-29(27)35/h4,6-11,18-19,26,28H,2,12-17,21-23H2,1H3/t28-/m0/s1. The Kier molecular flexibility index (Phi) is 8.46. The summed E-state index contributed by atoms with van der Waals surface area (Å²) in [6, 6.07) is 18.5. The van der Waals surface area contributed by atoms with Gasteiger partial charge in [-0.05, 0) is 68.8 Å². The normalized spacial score (nSPS) is 17.3. The van der Waals surface area contributed by atoms with Crippen LogP contribution in [0.4, 0.5) is 4.39 Å². The third-order valence-corrected chi connectivity index (χ3v) is 8.09. The predicted molar refractivity (Wildman–Crippen MR) is 158 cm³/mol. The van der Waals surface area contributed by atoms with Crippen molar-refractivity contribution in [3.05, 3.63) is 88.6 Å². The Morgan fingerprint density at radius 2 is 1.88 bits per heavy atom. The quantitative estimate of drug-likeness (QED) is 0.247. The Morgan fingerprint density at radius 3 is 2.62 bits per heavy atom. The highest BCUT2D eigenvalue weighted by Gasteiger charge is 2.26. The topological polar surface area (TPSA) is 76.2 Å². The maximum Gasteiger partial charge on any atom is 0.213 e. The van der Waals surface area contributed by atoms with E-state index in [1.165, 1.54) is 6.07 Å². The van der Waals surface area contributed by atoms with Crippen molar-refractivity contribution in [1.82, 2.24) is 19.4 Å². The van der Waals surface area contributed by atoms with Crippen molar-refractivity contribution in [3.8, 4) is 23.8 Å². The monoisotopic (exact) mass is 563 g/mol. The van der Waals surface area contributed by atoms with Crippen LogP contribution >= 0.6 is 0 Å². The van der Waals surface area contributed by atoms with Crippen LogP contribution in [-0.4, -0.2) is 45.2 Å². The molecular formula is C34H34FN5O2. The molecule has 2 aliphatic rings. The van der Waals surface area contributed by atoms with E-state index >= 15 is 0 Å². The van der Waals surface area contributed by atoms with Gasteiger partial charge < -0.3 is 14.0 Å². The Labute approximate surface area is 245 Å². The van der Waals surface area contributed by atoms with Crippen LogP contribution in [0, 0.1) is 29.0 Å². The van der Waals surface area contributed by atoms with E-state index in [2.05, 4.69) is 46.4 Å². The van der Waals surface area contributed by atoms with E-state index in [4.69, 9.17) is 24.7 Å². The number of imidazole rings is 1. The van der Waals surface area contributed by atoms with E-state index in [1.807, 2.05) is 18.2 Å². The van der Waals surface area contributed by atoms with Crippen LogP contribution < -0.4 is 4.74 Å². The highest BCUT2D eigenvalue weighted by Crippen LogP contribution is 2.30. The molecule has 2 aromatic heterocycles. The van der Waals surface area contributed by atoms with Crippen molar-refractivity contribution >= 4 is 11.0 Å². The Morgan fingerprint density at radius 1 is 1.05 bits per heavy atom. The van der Waals surface area contributed by atoms with Crippen molar-refractivity contribution < 1.29 is 13.9 Å². The number of ether oxygens (including phenoxy) is 2. The number of fused-ring (bicyclic) bond motifs is 1. The molecule has 2 fully saturated rings. The first kappa shape index (κ1) is 27.9. The summed E-state index contributed by atoms with van der Waals surface area (Å²) in [5, 5.41) is 8.95. The molecule has 0 spiro atoms. The first-order valence-electron chi connectivity index (χ1n) is 14.7. The second kappa shape index (κ2) is 12.7. The van der Waals surface area contributed by atoms with Gasteiger partial charge in [0.2, 0.25) is 5.88 Å². The Balaban J connectivity index is 1.10. The van der Waals surface area contributed by atoms with E-state index in [1.54, 1.807) is 18.2 Å². The number of nitrogens with zero attached hydrogens (tertiary/aromatic N) is 5. The first-order chi connectivity index (χ1) is 20.6. The number of hydrogen-bond donors (Lipinski definition) is 0. The predicted octanol–water partition coefficient (Wildman–Crippen LogP) is 5.95. The Hall–Kier alpha value is -4.24. The van der Waals surface area contributed by atoms with Gasteiger partial charge in [-0.2, -0.15) is 5.26 Å². The highest BCUT2D eigenvalue weighted by atomic mass is 19.1. The summed E-state index contributed by atoms with van der Waals surface area (Å²) >= 11 is 0. The van der Waals surface area contributed by atoms with Gasteiger partial charge in [0, 0.05) is 41.8 Å². The van der Waals surface area contributed by atoms with Crippen molar-refractivity contribution in [1.29, 1.82) is 5.26 Å². The number of hydrogen-bond acceptors (Lipinski definition) is 6. The number of halogens is 1. The minimum atomic E-state index is -0.447. The van der Waals surface area contributed by atoms with E-state index < -0.39 is 5.82 Å². The molecule has 0 saturated carbocycles. The van der Waals surface area contributed by atoms with Crippen LogP contribution in [0.25, 0.3) is 11.0 Å². The molecular weight excluding hydrogens is 529 g/mol. The van der Waals surface area contributed by atoms with Crippen LogP contribution in [-0.2, 0) is 24.4 Å². The fourth-order valence-electron chi connectivity index (χ4n) is 5.61. The molecule has 0 N–H and O–H groups in total. The zero-order valence-corrected chi connectivity index (χ0v) is 23.9. The molecule has 6 rings (SSSR count). The zero-order chi connectivity index (χ0) is 28.9. The average Bonchev–Trinajstić information content (AvgIpc) is 3.33. The summed E-state index contributed by atoms with van der Waals surface area (Å²) in [6.45, 7) is 6.46. The van der Waals surface area contributed by atoms with E-state index in [-0.39, 0.29) is 12.7 Å². The number of aromatic nitrogens is 3. The lowest BCUT2D eigenvalue weighted by Gasteiger charge is -2.32. The summed E-state index contributed by atoms with van der Waals surface area (Å²) in [5.41, 5.74) is 4.84. The molecule has 0 radical (unpaired) electrons. The molecule has 0 aliphatic carbocycles. The molecule has 4 aromatic rings. The van der Waals surface area contributed by atoms with Crippen molar-refractivity contribution in [2.45, 2.75) is 64.3 Å². The molecule has 2 aliphatic heterocycles. The van der Waals surface area contributed by atoms with Gasteiger partial charge in [-0.25, -0.2) is 14.4 Å². The lowest BCUT2D eigenvalue weighted by molar-refractivity contribution is -0.0592. The lowest BCUT2D eigenvalue weighted by Crippen LogP contribution is -2.35. The summed E-state index contributed by atoms with van der Waals surface area (Å²) in [6.07, 6.45) is 4.14. The number of rotatable bonds is 8. The minimum Gasteiger partial charge on any atom is -0.473 e. The van der Waals surface area contributed by atoms with E-state index in [9.17, 15) is 4.39 Å². The zero-order valence-electron chi connectivity index (χ0n) is 23.9. The summed E-state index contributed by atoms with van der Waals surface area (Å²) in [7, 11) is 0. The molecule has 0 bridgehead atoms. The smallest absolute Gasteiger partial charge is 0.213 e. The summed E-state index contributed by atoms with van der Waals surface area (Å²) in [5.74, 6) is 7.87. The molecule has 42 heavy (non-hydrogen) atoms. The second-order valence-corrected chi connectivity index (χ2v) is 10.9. The van der Waals surface area contributed by atoms with Crippen LogP contribution in [0.15, 0.2) is 54.6 Å². The first-order valence-corrected chi connectivity index (χ1v) is 14.7. The fourth-order valence-corrected chi connectivity index (χ4v) is 5.61. The summed E-state index contributed by atoms with van der Waals surface area (Å²) in [4.78, 5) is 12.3. The highest BCUT2D eigenvalue weighted by molar-refractivity contribution is 5.78. The van der Waals surface area contributed by atoms with Crippen molar-refractivity contribution in [2.24, 2.45) is 0 Å². The van der Waals surface area contributed by atoms with E-state index in [0.717, 1.165) is 86.6 Å². The molecule has 8 heteroatoms. The lowest BCUT2D eigenvalue weighted by atomic mass is 9.93. The molecule has 0 amide bonds. The molecule has 4 heterocycles. The van der Waals surface area contributed by atoms with Crippen LogP contribution in [0.1, 0.15) is 66.7 Å². The van der Waals surface area contributed by atoms with Crippen LogP contribution in [0.3, 0.4) is 0 Å². The van der Waals surface area contributed by atoms with Gasteiger partial charge in [-0.1, -0.05) is 30.9 Å². The molecule has 214 valence electrons. The second-order valence-electron chi connectivity index (χ2n) is 10.9. The SMILES string of the molecule is CCC#Cc1ccc2nc(CN3CCC(c4cccc(OCc5ccc(C#N)cc5F)n4)CC3)n(C[C@@H]3CCO3)c2c1. The van der Waals surface area contributed by atoms with Gasteiger partial charge in [0.1, 0.15) is 18.2 Å². The van der Waals surface area contributed by atoms with Gasteiger partial charge >= 0.3 is 0 Å². The molecule has 7 nitrogen and oxygen atoms in total. The third-order valence-electron chi connectivity index (χ3n) is 8.09. The number of nitriles is 1. The number of pyridine rings is 1. The van der Waals surface area contributed by atoms with Crippen molar-refractivity contribution in [3.63, 3.8) is 0 Å². The van der Waals surface area contributed by atoms with Gasteiger partial charge in [0.25, 0.3) is 0 Å². The molecule has 1 atom stereocenters. The average molecular weight is 564 g/mol. The molecule has 2 saturated heterocycles. The van der Waals surface area contributed by atoms with Crippen molar-refractivity contribution in [2.75, 3.05) is 19.7 Å². The Bertz CT molecular complexity index is 1670. The number of piperidine rings is 1. The fraction of sp³-hybridized carbons (Fsp3) is 0.382. The molecule has 2 aromatic carbocycles. The maximum atomic E-state index is 14.3. The minimum absolute atomic E-state index is 0.0615.